The second-order valence-electron chi connectivity index (χ2n) is 15.2. The minimum Gasteiger partial charge on any atom is -0.488 e. The number of hydrogen-bond donors (Lipinski definition) is 2. The van der Waals surface area contributed by atoms with Crippen LogP contribution in [0, 0.1) is 6.92 Å². The molecule has 0 saturated carbocycles. The molecule has 12 nitrogen and oxygen atoms in total. The Kier molecular flexibility index (Phi) is 13.3. The molecule has 0 atom stereocenters. The molecule has 0 radical (unpaired) electrons. The van der Waals surface area contributed by atoms with Crippen LogP contribution in [0.4, 0.5) is 17.1 Å². The fourth-order valence-corrected chi connectivity index (χ4v) is 7.72. The van der Waals surface area contributed by atoms with Gasteiger partial charge in [0.1, 0.15) is 63.3 Å². The summed E-state index contributed by atoms with van der Waals surface area (Å²) in [6.07, 6.45) is 0. The van der Waals surface area contributed by atoms with Crippen molar-refractivity contribution in [2.75, 3.05) is 102 Å². The molecule has 312 valence electrons. The van der Waals surface area contributed by atoms with Crippen LogP contribution in [0.3, 0.4) is 0 Å². The fourth-order valence-electron chi connectivity index (χ4n) is 7.72. The molecular formula is C48H54N5O7+. The van der Waals surface area contributed by atoms with Crippen molar-refractivity contribution in [3.63, 3.8) is 0 Å². The second-order valence-corrected chi connectivity index (χ2v) is 15.2. The lowest BCUT2D eigenvalue weighted by atomic mass is 9.92. The first kappa shape index (κ1) is 41.8. The van der Waals surface area contributed by atoms with Crippen LogP contribution in [0.2, 0.25) is 0 Å². The Balaban J connectivity index is 1.37. The van der Waals surface area contributed by atoms with Gasteiger partial charge >= 0.3 is 5.97 Å². The van der Waals surface area contributed by atoms with E-state index in [1.165, 1.54) is 7.11 Å². The maximum Gasteiger partial charge on any atom is 0.325 e. The van der Waals surface area contributed by atoms with Crippen molar-refractivity contribution in [3.8, 4) is 33.9 Å². The van der Waals surface area contributed by atoms with E-state index in [9.17, 15) is 14.7 Å². The molecular weight excluding hydrogens is 759 g/mol. The van der Waals surface area contributed by atoms with Crippen LogP contribution < -0.4 is 39.4 Å². The van der Waals surface area contributed by atoms with Crippen LogP contribution in [0.5, 0.6) is 11.5 Å². The number of aliphatic hydroxyl groups excluding tert-OH is 1. The van der Waals surface area contributed by atoms with Gasteiger partial charge in [0.15, 0.2) is 5.78 Å². The first-order valence-electron chi connectivity index (χ1n) is 20.3. The Morgan fingerprint density at radius 3 is 2.18 bits per heavy atom. The average Bonchev–Trinajstić information content (AvgIpc) is 3.26. The summed E-state index contributed by atoms with van der Waals surface area (Å²) >= 11 is 0. The molecule has 0 fully saturated rings. The summed E-state index contributed by atoms with van der Waals surface area (Å²) in [6.45, 7) is 4.48. The van der Waals surface area contributed by atoms with Crippen LogP contribution in [-0.4, -0.2) is 104 Å². The van der Waals surface area contributed by atoms with Crippen LogP contribution in [-0.2, 0) is 20.9 Å². The van der Waals surface area contributed by atoms with Gasteiger partial charge in [-0.05, 0) is 79.2 Å². The number of aryl methyl sites for hydroxylation is 1. The third kappa shape index (κ3) is 9.56. The lowest BCUT2D eigenvalue weighted by Crippen LogP contribution is -2.43. The van der Waals surface area contributed by atoms with Gasteiger partial charge in [-0.2, -0.15) is 0 Å². The summed E-state index contributed by atoms with van der Waals surface area (Å²) in [5, 5.41) is 15.2. The smallest absolute Gasteiger partial charge is 0.325 e. The normalized spacial score (nSPS) is 13.7. The van der Waals surface area contributed by atoms with Crippen molar-refractivity contribution in [2.24, 2.45) is 0 Å². The van der Waals surface area contributed by atoms with E-state index in [1.54, 1.807) is 0 Å². The van der Waals surface area contributed by atoms with Crippen molar-refractivity contribution < 1.29 is 33.3 Å². The summed E-state index contributed by atoms with van der Waals surface area (Å²) in [5.41, 5.74) is 8.21. The minimum atomic E-state index is -0.586. The zero-order valence-electron chi connectivity index (χ0n) is 35.1. The molecule has 2 N–H and O–H groups in total. The van der Waals surface area contributed by atoms with E-state index in [4.69, 9.17) is 18.6 Å². The highest BCUT2D eigenvalue weighted by atomic mass is 16.5. The number of ether oxygens (including phenoxy) is 3. The Hall–Kier alpha value is -6.37. The lowest BCUT2D eigenvalue weighted by molar-refractivity contribution is -0.139. The van der Waals surface area contributed by atoms with Crippen LogP contribution in [0.1, 0.15) is 11.1 Å². The largest absolute Gasteiger partial charge is 0.488 e. The second kappa shape index (κ2) is 19.1. The van der Waals surface area contributed by atoms with E-state index in [-0.39, 0.29) is 38.1 Å². The SMILES string of the molecule is CNCc1ccc2c(-c3ccc4c(c3)OCCOc3cc(C)ccc3N(CC(=O)OC)CCN(c3ccccc3)CCN4CC(=O)CO)c3ccc(=[N+](C)C)cc-3oc2c1. The molecule has 1 aliphatic carbocycles. The number of methoxy groups -OCH3 is 1. The summed E-state index contributed by atoms with van der Waals surface area (Å²) in [7, 11) is 7.33. The number of fused-ring (bicyclic) bond motifs is 4. The number of ketones is 1. The number of aliphatic hydroxyl groups is 1. The van der Waals surface area contributed by atoms with Gasteiger partial charge in [0.05, 0.1) is 31.1 Å². The highest BCUT2D eigenvalue weighted by Gasteiger charge is 2.24. The number of para-hydroxylation sites is 1. The monoisotopic (exact) mass is 812 g/mol. The van der Waals surface area contributed by atoms with Crippen molar-refractivity contribution in [3.05, 3.63) is 120 Å². The zero-order valence-corrected chi connectivity index (χ0v) is 35.1. The molecule has 3 aliphatic rings. The van der Waals surface area contributed by atoms with Gasteiger partial charge in [-0.1, -0.05) is 42.5 Å². The maximum absolute atomic E-state index is 13.1. The van der Waals surface area contributed by atoms with E-state index in [0.29, 0.717) is 49.9 Å². The van der Waals surface area contributed by atoms with Crippen molar-refractivity contribution in [1.82, 2.24) is 9.89 Å². The predicted molar refractivity (Wildman–Crippen MR) is 238 cm³/mol. The topological polar surface area (TPSA) is 120 Å². The first-order chi connectivity index (χ1) is 29.1. The Labute approximate surface area is 351 Å². The molecule has 0 unspecified atom stereocenters. The predicted octanol–water partition coefficient (Wildman–Crippen LogP) is 5.59. The molecule has 0 bridgehead atoms. The zero-order chi connectivity index (χ0) is 42.2. The van der Waals surface area contributed by atoms with Gasteiger partial charge in [-0.25, -0.2) is 4.58 Å². The Morgan fingerprint density at radius 2 is 1.50 bits per heavy atom. The quantitative estimate of drug-likeness (QED) is 0.108. The lowest BCUT2D eigenvalue weighted by Gasteiger charge is -2.33. The standard InChI is InChI=1S/C48H54N5O7/c1-33-11-17-41-45(25-33)58-23-24-59-46-27-35(48-39-15-12-34(29-49-2)26-43(39)60-44-28-37(50(3)4)14-16-40(44)48)13-18-42(46)52(30-38(55)32-54)21-19-51(36-9-7-6-8-10-36)20-22-53(41)31-47(56)57-5/h6-18,25-28,49,54H,19-24,29-32H2,1-5H3/q+1. The van der Waals surface area contributed by atoms with Crippen molar-refractivity contribution >= 4 is 39.8 Å². The van der Waals surface area contributed by atoms with E-state index in [1.807, 2.05) is 86.4 Å². The molecule has 0 aromatic heterocycles. The maximum atomic E-state index is 13.1. The molecule has 0 amide bonds. The van der Waals surface area contributed by atoms with Crippen LogP contribution in [0.25, 0.3) is 33.4 Å². The number of esters is 1. The third-order valence-corrected chi connectivity index (χ3v) is 10.8. The van der Waals surface area contributed by atoms with Crippen LogP contribution in [0.15, 0.2) is 108 Å². The Bertz CT molecular complexity index is 2500. The number of nitrogens with one attached hydrogen (secondary N) is 1. The molecule has 2 heterocycles. The molecule has 12 heteroatoms. The summed E-state index contributed by atoms with van der Waals surface area (Å²) in [6, 6.07) is 34.7. The van der Waals surface area contributed by atoms with E-state index in [2.05, 4.69) is 69.4 Å². The number of rotatable bonds is 9. The minimum absolute atomic E-state index is 0.0256. The third-order valence-electron chi connectivity index (χ3n) is 10.8. The Morgan fingerprint density at radius 1 is 0.800 bits per heavy atom. The molecule has 4 aromatic rings. The molecule has 60 heavy (non-hydrogen) atoms. The van der Waals surface area contributed by atoms with Gasteiger partial charge in [-0.15, -0.1) is 0 Å². The number of nitrogens with zero attached hydrogens (tertiary/aromatic N) is 4. The molecule has 4 aromatic carbocycles. The van der Waals surface area contributed by atoms with Gasteiger partial charge in [-0.3, -0.25) is 9.59 Å². The average molecular weight is 813 g/mol. The highest BCUT2D eigenvalue weighted by Crippen LogP contribution is 2.43. The first-order valence-corrected chi connectivity index (χ1v) is 20.3. The molecule has 7 rings (SSSR count). The molecule has 2 aliphatic heterocycles. The summed E-state index contributed by atoms with van der Waals surface area (Å²) in [5.74, 6) is 1.27. The molecule has 0 spiro atoms. The number of benzene rings is 5. The van der Waals surface area contributed by atoms with Crippen LogP contribution >= 0.6 is 0 Å². The van der Waals surface area contributed by atoms with Gasteiger partial charge < -0.3 is 43.8 Å². The molecule has 0 saturated heterocycles. The highest BCUT2D eigenvalue weighted by molar-refractivity contribution is 6.02. The van der Waals surface area contributed by atoms with E-state index >= 15 is 0 Å². The number of carbonyl (C=O) groups is 2. The summed E-state index contributed by atoms with van der Waals surface area (Å²) < 4.78 is 26.9. The van der Waals surface area contributed by atoms with Gasteiger partial charge in [0.25, 0.3) is 0 Å². The fraction of sp³-hybridized carbons (Fsp3) is 0.312. The number of Topliss-reactive ketones (excluding diaryl/α,β-unsaturated/α-hetero) is 1. The number of hydrogen-bond acceptors (Lipinski definition) is 11. The number of carbonyl (C=O) groups excluding carboxylic acids is 2. The summed E-state index contributed by atoms with van der Waals surface area (Å²) in [4.78, 5) is 32.1. The number of anilines is 3. The van der Waals surface area contributed by atoms with Gasteiger partial charge in [0.2, 0.25) is 5.36 Å². The van der Waals surface area contributed by atoms with E-state index < -0.39 is 6.61 Å². The van der Waals surface area contributed by atoms with Gasteiger partial charge in [0, 0.05) is 61.0 Å². The van der Waals surface area contributed by atoms with Crippen molar-refractivity contribution in [2.45, 2.75) is 13.5 Å². The van der Waals surface area contributed by atoms with E-state index in [0.717, 1.165) is 61.3 Å². The van der Waals surface area contributed by atoms with Crippen molar-refractivity contribution in [1.29, 1.82) is 0 Å².